The van der Waals surface area contributed by atoms with Crippen LogP contribution in [0, 0.1) is 0 Å². The molecule has 0 atom stereocenters. The lowest BCUT2D eigenvalue weighted by atomic mass is 10.2. The number of aromatic nitrogens is 1. The van der Waals surface area contributed by atoms with Crippen molar-refractivity contribution in [1.82, 2.24) is 4.98 Å². The Morgan fingerprint density at radius 2 is 2.05 bits per heavy atom. The minimum Gasteiger partial charge on any atom is -0.462 e. The summed E-state index contributed by atoms with van der Waals surface area (Å²) in [5.74, 6) is -0.388. The van der Waals surface area contributed by atoms with Gasteiger partial charge in [-0.1, -0.05) is 18.5 Å². The molecule has 20 heavy (non-hydrogen) atoms. The highest BCUT2D eigenvalue weighted by Crippen LogP contribution is 2.12. The molecule has 0 saturated carbocycles. The highest BCUT2D eigenvalue weighted by molar-refractivity contribution is 6.29. The van der Waals surface area contributed by atoms with Gasteiger partial charge >= 0.3 is 5.97 Å². The summed E-state index contributed by atoms with van der Waals surface area (Å²) in [5.41, 5.74) is 1.20. The fraction of sp³-hybridized carbons (Fsp3) is 0.571. The Morgan fingerprint density at radius 1 is 1.25 bits per heavy atom. The maximum Gasteiger partial charge on any atom is 0.338 e. The highest BCUT2D eigenvalue weighted by atomic mass is 35.5. The summed E-state index contributed by atoms with van der Waals surface area (Å²) in [4.78, 5) is 15.9. The molecule has 6 heteroatoms. The first kappa shape index (κ1) is 16.9. The first-order valence-electron chi connectivity index (χ1n) is 6.57. The van der Waals surface area contributed by atoms with Gasteiger partial charge in [0.25, 0.3) is 0 Å². The number of methoxy groups -OCH3 is 1. The zero-order valence-electron chi connectivity index (χ0n) is 11.9. The van der Waals surface area contributed by atoms with E-state index in [2.05, 4.69) is 4.98 Å². The Bertz CT molecular complexity index is 426. The first-order valence-corrected chi connectivity index (χ1v) is 6.95. The summed E-state index contributed by atoms with van der Waals surface area (Å²) in [6.07, 6.45) is 1.36. The topological polar surface area (TPSA) is 57.7 Å². The van der Waals surface area contributed by atoms with E-state index < -0.39 is 0 Å². The molecule has 1 aromatic heterocycles. The van der Waals surface area contributed by atoms with E-state index in [-0.39, 0.29) is 5.97 Å². The van der Waals surface area contributed by atoms with Crippen molar-refractivity contribution in [2.24, 2.45) is 0 Å². The minimum atomic E-state index is -0.388. The van der Waals surface area contributed by atoms with Crippen LogP contribution in [0.4, 0.5) is 0 Å². The molecule has 0 spiro atoms. The molecule has 0 fully saturated rings. The lowest BCUT2D eigenvalue weighted by Gasteiger charge is -2.07. The van der Waals surface area contributed by atoms with Crippen LogP contribution in [0.2, 0.25) is 5.15 Å². The molecule has 0 N–H and O–H groups in total. The van der Waals surface area contributed by atoms with E-state index in [1.54, 1.807) is 13.2 Å². The number of rotatable bonds is 9. The molecule has 0 aliphatic rings. The lowest BCUT2D eigenvalue weighted by molar-refractivity contribution is 0.0385. The van der Waals surface area contributed by atoms with Gasteiger partial charge in [-0.05, 0) is 18.6 Å². The van der Waals surface area contributed by atoms with Gasteiger partial charge in [-0.15, -0.1) is 0 Å². The Morgan fingerprint density at radius 3 is 2.75 bits per heavy atom. The zero-order valence-corrected chi connectivity index (χ0v) is 12.6. The number of ether oxygens (including phenoxy) is 3. The lowest BCUT2D eigenvalue weighted by Crippen LogP contribution is -2.10. The standard InChI is InChI=1S/C14H20ClNO4/c1-3-12-9-11(10-13(15)16-12)14(17)20-6-4-5-19-8-7-18-2/h9-10H,3-8H2,1-2H3. The van der Waals surface area contributed by atoms with E-state index in [0.717, 1.165) is 5.69 Å². The van der Waals surface area contributed by atoms with Gasteiger partial charge in [-0.25, -0.2) is 9.78 Å². The predicted octanol–water partition coefficient (Wildman–Crippen LogP) is 2.51. The van der Waals surface area contributed by atoms with Crippen LogP contribution >= 0.6 is 11.6 Å². The first-order chi connectivity index (χ1) is 9.67. The summed E-state index contributed by atoms with van der Waals surface area (Å²) in [6.45, 7) is 3.91. The highest BCUT2D eigenvalue weighted by Gasteiger charge is 2.10. The minimum absolute atomic E-state index is 0.305. The Balaban J connectivity index is 2.30. The molecule has 0 radical (unpaired) electrons. The largest absolute Gasteiger partial charge is 0.462 e. The maximum absolute atomic E-state index is 11.8. The number of esters is 1. The summed E-state index contributed by atoms with van der Waals surface area (Å²) in [7, 11) is 1.62. The second-order valence-corrected chi connectivity index (χ2v) is 4.51. The fourth-order valence-corrected chi connectivity index (χ4v) is 1.73. The van der Waals surface area contributed by atoms with Gasteiger partial charge in [0.05, 0.1) is 25.4 Å². The van der Waals surface area contributed by atoms with Gasteiger partial charge in [0.1, 0.15) is 5.15 Å². The van der Waals surface area contributed by atoms with Gasteiger partial charge in [0.15, 0.2) is 0 Å². The van der Waals surface area contributed by atoms with Crippen molar-refractivity contribution in [3.05, 3.63) is 28.5 Å². The van der Waals surface area contributed by atoms with Crippen molar-refractivity contribution < 1.29 is 19.0 Å². The monoisotopic (exact) mass is 301 g/mol. The van der Waals surface area contributed by atoms with Gasteiger partial charge < -0.3 is 14.2 Å². The van der Waals surface area contributed by atoms with Gasteiger partial charge in [0, 0.05) is 25.8 Å². The molecular formula is C14H20ClNO4. The summed E-state index contributed by atoms with van der Waals surface area (Å²) >= 11 is 5.85. The van der Waals surface area contributed by atoms with E-state index in [0.29, 0.717) is 50.0 Å². The van der Waals surface area contributed by atoms with Crippen LogP contribution in [-0.4, -0.2) is 44.5 Å². The van der Waals surface area contributed by atoms with Crippen molar-refractivity contribution in [1.29, 1.82) is 0 Å². The molecule has 0 bridgehead atoms. The number of hydrogen-bond donors (Lipinski definition) is 0. The van der Waals surface area contributed by atoms with Crippen molar-refractivity contribution in [2.45, 2.75) is 19.8 Å². The van der Waals surface area contributed by atoms with Crippen molar-refractivity contribution >= 4 is 17.6 Å². The molecule has 1 heterocycles. The Labute approximate surface area is 124 Å². The number of hydrogen-bond acceptors (Lipinski definition) is 5. The number of nitrogens with zero attached hydrogens (tertiary/aromatic N) is 1. The van der Waals surface area contributed by atoms with Crippen LogP contribution in [0.25, 0.3) is 0 Å². The average molecular weight is 302 g/mol. The van der Waals surface area contributed by atoms with Crippen LogP contribution in [0.15, 0.2) is 12.1 Å². The molecule has 5 nitrogen and oxygen atoms in total. The van der Waals surface area contributed by atoms with Crippen LogP contribution < -0.4 is 0 Å². The normalized spacial score (nSPS) is 10.6. The number of pyridine rings is 1. The molecule has 112 valence electrons. The molecule has 0 aliphatic heterocycles. The van der Waals surface area contributed by atoms with Crippen LogP contribution in [-0.2, 0) is 20.6 Å². The van der Waals surface area contributed by atoms with Gasteiger partial charge in [0.2, 0.25) is 0 Å². The Kier molecular flexibility index (Phi) is 8.18. The fourth-order valence-electron chi connectivity index (χ4n) is 1.50. The SMILES string of the molecule is CCc1cc(C(=O)OCCCOCCOC)cc(Cl)n1. The summed E-state index contributed by atoms with van der Waals surface area (Å²) < 4.78 is 15.3. The van der Waals surface area contributed by atoms with E-state index >= 15 is 0 Å². The quantitative estimate of drug-likeness (QED) is 0.398. The number of carbonyl (C=O) groups is 1. The van der Waals surface area contributed by atoms with E-state index in [4.69, 9.17) is 25.8 Å². The second kappa shape index (κ2) is 9.69. The van der Waals surface area contributed by atoms with Crippen molar-refractivity contribution in [3.63, 3.8) is 0 Å². The molecule has 0 aromatic carbocycles. The van der Waals surface area contributed by atoms with Crippen LogP contribution in [0.3, 0.4) is 0 Å². The third-order valence-corrected chi connectivity index (χ3v) is 2.74. The van der Waals surface area contributed by atoms with E-state index in [1.807, 2.05) is 6.92 Å². The van der Waals surface area contributed by atoms with Gasteiger partial charge in [-0.2, -0.15) is 0 Å². The van der Waals surface area contributed by atoms with E-state index in [9.17, 15) is 4.79 Å². The molecule has 0 unspecified atom stereocenters. The number of halogens is 1. The zero-order chi connectivity index (χ0) is 14.8. The number of carbonyl (C=O) groups excluding carboxylic acids is 1. The van der Waals surface area contributed by atoms with Crippen LogP contribution in [0.1, 0.15) is 29.4 Å². The maximum atomic E-state index is 11.8. The average Bonchev–Trinajstić information content (AvgIpc) is 2.45. The molecule has 0 amide bonds. The van der Waals surface area contributed by atoms with Crippen LogP contribution in [0.5, 0.6) is 0 Å². The summed E-state index contributed by atoms with van der Waals surface area (Å²) in [6, 6.07) is 3.21. The molecule has 1 rings (SSSR count). The molecular weight excluding hydrogens is 282 g/mol. The predicted molar refractivity (Wildman–Crippen MR) is 76.2 cm³/mol. The van der Waals surface area contributed by atoms with Crippen molar-refractivity contribution in [3.8, 4) is 0 Å². The third kappa shape index (κ3) is 6.32. The second-order valence-electron chi connectivity index (χ2n) is 4.12. The summed E-state index contributed by atoms with van der Waals surface area (Å²) in [5, 5.41) is 0.305. The van der Waals surface area contributed by atoms with Crippen molar-refractivity contribution in [2.75, 3.05) is 33.5 Å². The molecule has 1 aromatic rings. The van der Waals surface area contributed by atoms with E-state index in [1.165, 1.54) is 6.07 Å². The van der Waals surface area contributed by atoms with Gasteiger partial charge in [-0.3, -0.25) is 0 Å². The number of aryl methyl sites for hydroxylation is 1. The third-order valence-electron chi connectivity index (χ3n) is 2.54. The smallest absolute Gasteiger partial charge is 0.338 e. The molecule has 0 aliphatic carbocycles. The molecule has 0 saturated heterocycles. The Hall–Kier alpha value is -1.17.